The number of amides is 1. The van der Waals surface area contributed by atoms with Crippen LogP contribution in [0.3, 0.4) is 0 Å². The van der Waals surface area contributed by atoms with Crippen molar-refractivity contribution in [1.82, 2.24) is 0 Å². The number of carbonyl (C=O) groups is 1. The third-order valence-corrected chi connectivity index (χ3v) is 6.26. The second kappa shape index (κ2) is 10.4. The summed E-state index contributed by atoms with van der Waals surface area (Å²) < 4.78 is 25.9. The summed E-state index contributed by atoms with van der Waals surface area (Å²) >= 11 is 0. The fourth-order valence-corrected chi connectivity index (χ4v) is 4.34. The Morgan fingerprint density at radius 2 is 1.52 bits per heavy atom. The molecule has 0 saturated heterocycles. The average molecular weight is 417 g/mol. The number of aryl methyl sites for hydroxylation is 3. The molecule has 0 spiro atoms. The number of carbonyl (C=O) groups excluding carboxylic acids is 1. The minimum absolute atomic E-state index is 0.0876. The first-order valence-corrected chi connectivity index (χ1v) is 12.1. The van der Waals surface area contributed by atoms with Gasteiger partial charge in [0.05, 0.1) is 11.9 Å². The van der Waals surface area contributed by atoms with E-state index >= 15 is 0 Å². The molecule has 0 aromatic heterocycles. The summed E-state index contributed by atoms with van der Waals surface area (Å²) in [6.45, 7) is 6.47. The molecule has 2 aromatic rings. The number of nitrogens with zero attached hydrogens (tertiary/aromatic N) is 1. The lowest BCUT2D eigenvalue weighted by Gasteiger charge is -2.22. The van der Waals surface area contributed by atoms with Crippen LogP contribution >= 0.6 is 0 Å². The normalized spacial score (nSPS) is 11.3. The Kier molecular flexibility index (Phi) is 8.26. The molecular formula is C23H32N2O3S. The second-order valence-corrected chi connectivity index (χ2v) is 9.07. The van der Waals surface area contributed by atoms with Crippen molar-refractivity contribution in [2.24, 2.45) is 0 Å². The number of rotatable bonds is 10. The molecule has 1 amide bonds. The van der Waals surface area contributed by atoms with E-state index in [1.165, 1.54) is 10.6 Å². The maximum Gasteiger partial charge on any atom is 0.232 e. The minimum Gasteiger partial charge on any atom is -0.326 e. The molecule has 0 fully saturated rings. The van der Waals surface area contributed by atoms with Gasteiger partial charge in [0.15, 0.2) is 0 Å². The van der Waals surface area contributed by atoms with Gasteiger partial charge < -0.3 is 5.32 Å². The van der Waals surface area contributed by atoms with Gasteiger partial charge in [0.2, 0.25) is 15.9 Å². The zero-order valence-electron chi connectivity index (χ0n) is 17.9. The first-order valence-electron chi connectivity index (χ1n) is 10.3. The van der Waals surface area contributed by atoms with Crippen LogP contribution in [0.15, 0.2) is 42.5 Å². The SMILES string of the molecule is CCc1ccc(N(CCCC(=O)Nc2c(CC)cccc2CC)S(C)(=O)=O)cc1. The van der Waals surface area contributed by atoms with Crippen LogP contribution in [-0.2, 0) is 34.1 Å². The molecule has 0 atom stereocenters. The van der Waals surface area contributed by atoms with Crippen molar-refractivity contribution in [1.29, 1.82) is 0 Å². The van der Waals surface area contributed by atoms with Crippen molar-refractivity contribution in [2.75, 3.05) is 22.4 Å². The van der Waals surface area contributed by atoms with Gasteiger partial charge in [-0.05, 0) is 54.5 Å². The van der Waals surface area contributed by atoms with Gasteiger partial charge in [0.25, 0.3) is 0 Å². The van der Waals surface area contributed by atoms with Gasteiger partial charge in [-0.15, -0.1) is 0 Å². The van der Waals surface area contributed by atoms with E-state index in [1.54, 1.807) is 0 Å². The quantitative estimate of drug-likeness (QED) is 0.617. The summed E-state index contributed by atoms with van der Waals surface area (Å²) in [5.41, 5.74) is 4.92. The summed E-state index contributed by atoms with van der Waals surface area (Å²) in [6, 6.07) is 13.6. The average Bonchev–Trinajstić information content (AvgIpc) is 2.70. The van der Waals surface area contributed by atoms with Crippen LogP contribution in [0.4, 0.5) is 11.4 Å². The van der Waals surface area contributed by atoms with Crippen LogP contribution in [-0.4, -0.2) is 27.1 Å². The zero-order valence-corrected chi connectivity index (χ0v) is 18.7. The maximum atomic E-state index is 12.5. The van der Waals surface area contributed by atoms with Crippen LogP contribution in [0, 0.1) is 0 Å². The van der Waals surface area contributed by atoms with E-state index in [1.807, 2.05) is 42.5 Å². The highest BCUT2D eigenvalue weighted by molar-refractivity contribution is 7.92. The number of hydrogen-bond donors (Lipinski definition) is 1. The Morgan fingerprint density at radius 3 is 2.00 bits per heavy atom. The molecule has 1 N–H and O–H groups in total. The van der Waals surface area contributed by atoms with Gasteiger partial charge in [-0.3, -0.25) is 9.10 Å². The molecule has 0 aliphatic carbocycles. The van der Waals surface area contributed by atoms with Crippen molar-refractivity contribution in [2.45, 2.75) is 52.9 Å². The fraction of sp³-hybridized carbons (Fsp3) is 0.435. The maximum absolute atomic E-state index is 12.5. The highest BCUT2D eigenvalue weighted by atomic mass is 32.2. The van der Waals surface area contributed by atoms with Crippen LogP contribution in [0.25, 0.3) is 0 Å². The molecule has 0 radical (unpaired) electrons. The molecule has 2 rings (SSSR count). The Labute approximate surface area is 175 Å². The summed E-state index contributed by atoms with van der Waals surface area (Å²) in [5.74, 6) is -0.0876. The van der Waals surface area contributed by atoms with Crippen molar-refractivity contribution >= 4 is 27.3 Å². The molecule has 5 nitrogen and oxygen atoms in total. The molecule has 2 aromatic carbocycles. The van der Waals surface area contributed by atoms with Crippen molar-refractivity contribution < 1.29 is 13.2 Å². The van der Waals surface area contributed by atoms with E-state index in [0.29, 0.717) is 12.1 Å². The third-order valence-electron chi connectivity index (χ3n) is 5.06. The number of sulfonamides is 1. The van der Waals surface area contributed by atoms with E-state index in [2.05, 4.69) is 26.1 Å². The first kappa shape index (κ1) is 22.9. The summed E-state index contributed by atoms with van der Waals surface area (Å²) in [4.78, 5) is 12.5. The molecule has 158 valence electrons. The predicted octanol–water partition coefficient (Wildman–Crippen LogP) is 4.56. The van der Waals surface area contributed by atoms with Crippen molar-refractivity contribution in [3.05, 3.63) is 59.2 Å². The number of benzene rings is 2. The second-order valence-electron chi connectivity index (χ2n) is 7.17. The van der Waals surface area contributed by atoms with Gasteiger partial charge in [-0.25, -0.2) is 8.42 Å². The number of para-hydroxylation sites is 1. The summed E-state index contributed by atoms with van der Waals surface area (Å²) in [7, 11) is -3.41. The Bertz CT molecular complexity index is 899. The van der Waals surface area contributed by atoms with E-state index in [4.69, 9.17) is 0 Å². The molecular weight excluding hydrogens is 384 g/mol. The lowest BCUT2D eigenvalue weighted by atomic mass is 10.0. The fourth-order valence-electron chi connectivity index (χ4n) is 3.37. The van der Waals surface area contributed by atoms with Gasteiger partial charge >= 0.3 is 0 Å². The smallest absolute Gasteiger partial charge is 0.232 e. The highest BCUT2D eigenvalue weighted by Gasteiger charge is 2.18. The summed E-state index contributed by atoms with van der Waals surface area (Å²) in [6.07, 6.45) is 4.51. The highest BCUT2D eigenvalue weighted by Crippen LogP contribution is 2.23. The Balaban J connectivity index is 2.03. The predicted molar refractivity (Wildman–Crippen MR) is 121 cm³/mol. The summed E-state index contributed by atoms with van der Waals surface area (Å²) in [5, 5.41) is 3.04. The molecule has 0 aliphatic rings. The van der Waals surface area contributed by atoms with Crippen LogP contribution in [0.2, 0.25) is 0 Å². The van der Waals surface area contributed by atoms with Gasteiger partial charge in [0.1, 0.15) is 0 Å². The molecule has 0 aliphatic heterocycles. The van der Waals surface area contributed by atoms with Crippen LogP contribution in [0.5, 0.6) is 0 Å². The molecule has 6 heteroatoms. The largest absolute Gasteiger partial charge is 0.326 e. The van der Waals surface area contributed by atoms with Crippen molar-refractivity contribution in [3.63, 3.8) is 0 Å². The van der Waals surface area contributed by atoms with E-state index in [-0.39, 0.29) is 18.9 Å². The lowest BCUT2D eigenvalue weighted by molar-refractivity contribution is -0.116. The van der Waals surface area contributed by atoms with Gasteiger partial charge in [-0.1, -0.05) is 51.1 Å². The van der Waals surface area contributed by atoms with E-state index < -0.39 is 10.0 Å². The van der Waals surface area contributed by atoms with Crippen LogP contribution < -0.4 is 9.62 Å². The zero-order chi connectivity index (χ0) is 21.4. The Hall–Kier alpha value is -2.34. The topological polar surface area (TPSA) is 66.5 Å². The lowest BCUT2D eigenvalue weighted by Crippen LogP contribution is -2.31. The minimum atomic E-state index is -3.41. The van der Waals surface area contributed by atoms with E-state index in [9.17, 15) is 13.2 Å². The molecule has 0 unspecified atom stereocenters. The third kappa shape index (κ3) is 6.32. The molecule has 0 saturated carbocycles. The Morgan fingerprint density at radius 1 is 0.931 bits per heavy atom. The van der Waals surface area contributed by atoms with Gasteiger partial charge in [0, 0.05) is 18.7 Å². The number of nitrogens with one attached hydrogen (secondary N) is 1. The van der Waals surface area contributed by atoms with Gasteiger partial charge in [-0.2, -0.15) is 0 Å². The molecule has 29 heavy (non-hydrogen) atoms. The number of anilines is 2. The monoisotopic (exact) mass is 416 g/mol. The van der Waals surface area contributed by atoms with E-state index in [0.717, 1.165) is 41.6 Å². The molecule has 0 bridgehead atoms. The first-order chi connectivity index (χ1) is 13.8. The molecule has 0 heterocycles. The van der Waals surface area contributed by atoms with Crippen LogP contribution in [0.1, 0.15) is 50.3 Å². The standard InChI is InChI=1S/C23H32N2O3S/c1-5-18-13-15-21(16-14-18)25(29(4,27)28)17-9-12-22(26)24-23-19(6-2)10-8-11-20(23)7-3/h8,10-11,13-16H,5-7,9,12,17H2,1-4H3,(H,24,26). The van der Waals surface area contributed by atoms with Crippen molar-refractivity contribution in [3.8, 4) is 0 Å². The number of hydrogen-bond acceptors (Lipinski definition) is 3.